The molecule has 11 heteroatoms. The molecule has 0 aromatic carbocycles. The van der Waals surface area contributed by atoms with Crippen LogP contribution in [0.15, 0.2) is 34.4 Å². The lowest BCUT2D eigenvalue weighted by atomic mass is 10.2. The van der Waals surface area contributed by atoms with Crippen LogP contribution >= 0.6 is 0 Å². The van der Waals surface area contributed by atoms with Gasteiger partial charge in [-0.1, -0.05) is 0 Å². The zero-order valence-electron chi connectivity index (χ0n) is 16.5. The van der Waals surface area contributed by atoms with Gasteiger partial charge in [-0.05, 0) is 6.07 Å². The summed E-state index contributed by atoms with van der Waals surface area (Å²) in [6.45, 7) is 4.20. The normalized spacial score (nSPS) is 16.4. The number of piperazine rings is 1. The predicted octanol–water partition coefficient (Wildman–Crippen LogP) is -3.01. The topological polar surface area (TPSA) is 116 Å². The van der Waals surface area contributed by atoms with Crippen molar-refractivity contribution in [1.82, 2.24) is 28.7 Å². The molecule has 2 N–H and O–H groups in total. The number of aryl methyl sites for hydroxylation is 1. The Kier molecular flexibility index (Phi) is 5.16. The second kappa shape index (κ2) is 7.76. The number of fused-ring (bicyclic) bond motifs is 1. The van der Waals surface area contributed by atoms with Gasteiger partial charge in [0.05, 0.1) is 39.1 Å². The Bertz CT molecular complexity index is 1110. The molecular weight excluding hydrogens is 376 g/mol. The van der Waals surface area contributed by atoms with Crippen LogP contribution in [-0.2, 0) is 20.6 Å². The summed E-state index contributed by atoms with van der Waals surface area (Å²) in [4.78, 5) is 40.7. The molecule has 0 saturated carbocycles. The molecule has 1 atom stereocenters. The lowest BCUT2D eigenvalue weighted by Gasteiger charge is -2.33. The quantitative estimate of drug-likeness (QED) is 0.468. The van der Waals surface area contributed by atoms with Gasteiger partial charge in [0.1, 0.15) is 12.6 Å². The molecule has 0 bridgehead atoms. The number of hydrogen-bond donors (Lipinski definition) is 2. The summed E-state index contributed by atoms with van der Waals surface area (Å²) in [5.74, 6) is 0.735. The molecule has 0 spiro atoms. The Morgan fingerprint density at radius 1 is 1.10 bits per heavy atom. The summed E-state index contributed by atoms with van der Waals surface area (Å²) < 4.78 is 4.04. The van der Waals surface area contributed by atoms with Crippen LogP contribution in [0.3, 0.4) is 0 Å². The van der Waals surface area contributed by atoms with Crippen LogP contribution in [0.25, 0.3) is 11.2 Å². The highest BCUT2D eigenvalue weighted by Gasteiger charge is 2.24. The van der Waals surface area contributed by atoms with Crippen LogP contribution in [0.1, 0.15) is 0 Å². The minimum atomic E-state index is -0.635. The standard InChI is InChI=1S/C18H24N8O3/c1-22-15-14(16(28)23(2)18(22)29)26(12-21-15)11-13(27)10-24-6-8-25(9-7-24)17-19-4-3-5-20-17/h3-5,12-13,27H,6-11H2,1-2H3/p+1/t13-/m0/s1. The van der Waals surface area contributed by atoms with Gasteiger partial charge in [-0.15, -0.1) is 0 Å². The number of imidazole rings is 1. The van der Waals surface area contributed by atoms with Gasteiger partial charge in [-0.2, -0.15) is 0 Å². The van der Waals surface area contributed by atoms with E-state index in [1.165, 1.54) is 22.8 Å². The average molecular weight is 401 g/mol. The van der Waals surface area contributed by atoms with Gasteiger partial charge < -0.3 is 19.5 Å². The summed E-state index contributed by atoms with van der Waals surface area (Å²) in [5.41, 5.74) is -0.168. The molecular formula is C18H25N8O3+. The van der Waals surface area contributed by atoms with E-state index in [2.05, 4.69) is 19.9 Å². The average Bonchev–Trinajstić information content (AvgIpc) is 3.15. The maximum atomic E-state index is 12.5. The van der Waals surface area contributed by atoms with Crippen LogP contribution in [0, 0.1) is 0 Å². The minimum Gasteiger partial charge on any atom is -0.385 e. The molecule has 3 aromatic rings. The first-order valence-electron chi connectivity index (χ1n) is 9.60. The van der Waals surface area contributed by atoms with E-state index < -0.39 is 17.4 Å². The molecule has 4 rings (SSSR count). The third-order valence-electron chi connectivity index (χ3n) is 5.45. The van der Waals surface area contributed by atoms with E-state index in [1.807, 2.05) is 0 Å². The second-order valence-corrected chi connectivity index (χ2v) is 7.42. The second-order valence-electron chi connectivity index (χ2n) is 7.42. The Labute approximate surface area is 166 Å². The number of anilines is 1. The van der Waals surface area contributed by atoms with Crippen molar-refractivity contribution in [1.29, 1.82) is 0 Å². The first-order valence-corrected chi connectivity index (χ1v) is 9.60. The third-order valence-corrected chi connectivity index (χ3v) is 5.45. The Morgan fingerprint density at radius 3 is 2.48 bits per heavy atom. The lowest BCUT2D eigenvalue weighted by Crippen LogP contribution is -3.16. The molecule has 3 aromatic heterocycles. The van der Waals surface area contributed by atoms with E-state index in [4.69, 9.17) is 0 Å². The molecule has 4 heterocycles. The summed E-state index contributed by atoms with van der Waals surface area (Å²) in [6.07, 6.45) is 4.35. The largest absolute Gasteiger partial charge is 0.385 e. The molecule has 11 nitrogen and oxygen atoms in total. The molecule has 0 amide bonds. The number of aromatic nitrogens is 6. The van der Waals surface area contributed by atoms with Gasteiger partial charge in [0.25, 0.3) is 5.56 Å². The van der Waals surface area contributed by atoms with Crippen LogP contribution in [0.4, 0.5) is 5.95 Å². The summed E-state index contributed by atoms with van der Waals surface area (Å²) in [7, 11) is 3.02. The van der Waals surface area contributed by atoms with Crippen molar-refractivity contribution < 1.29 is 10.0 Å². The number of quaternary nitrogens is 1. The first-order chi connectivity index (χ1) is 14.0. The van der Waals surface area contributed by atoms with Crippen molar-refractivity contribution in [2.75, 3.05) is 37.6 Å². The zero-order valence-corrected chi connectivity index (χ0v) is 16.5. The number of hydrogen-bond acceptors (Lipinski definition) is 7. The summed E-state index contributed by atoms with van der Waals surface area (Å²) >= 11 is 0. The Morgan fingerprint density at radius 2 is 1.79 bits per heavy atom. The van der Waals surface area contributed by atoms with E-state index in [0.717, 1.165) is 36.7 Å². The van der Waals surface area contributed by atoms with Crippen molar-refractivity contribution in [3.63, 3.8) is 0 Å². The fourth-order valence-electron chi connectivity index (χ4n) is 3.84. The van der Waals surface area contributed by atoms with Gasteiger partial charge >= 0.3 is 5.69 Å². The minimum absolute atomic E-state index is 0.249. The lowest BCUT2D eigenvalue weighted by molar-refractivity contribution is -0.903. The number of nitrogens with one attached hydrogen (secondary N) is 1. The van der Waals surface area contributed by atoms with Crippen LogP contribution in [0.5, 0.6) is 0 Å². The fraction of sp³-hybridized carbons (Fsp3) is 0.500. The molecule has 29 heavy (non-hydrogen) atoms. The molecule has 1 aliphatic rings. The molecule has 1 fully saturated rings. The molecule has 0 radical (unpaired) electrons. The Hall–Kier alpha value is -3.05. The van der Waals surface area contributed by atoms with Crippen molar-refractivity contribution in [2.45, 2.75) is 12.6 Å². The summed E-state index contributed by atoms with van der Waals surface area (Å²) in [6, 6.07) is 1.80. The van der Waals surface area contributed by atoms with E-state index >= 15 is 0 Å². The van der Waals surface area contributed by atoms with E-state index in [-0.39, 0.29) is 6.54 Å². The number of aliphatic hydroxyl groups is 1. The van der Waals surface area contributed by atoms with Crippen LogP contribution in [0.2, 0.25) is 0 Å². The van der Waals surface area contributed by atoms with Crippen molar-refractivity contribution >= 4 is 17.1 Å². The first kappa shape index (κ1) is 19.3. The van der Waals surface area contributed by atoms with E-state index in [1.54, 1.807) is 30.1 Å². The zero-order chi connectivity index (χ0) is 20.5. The Balaban J connectivity index is 1.42. The van der Waals surface area contributed by atoms with Crippen molar-refractivity contribution in [3.8, 4) is 0 Å². The number of rotatable bonds is 5. The van der Waals surface area contributed by atoms with Gasteiger partial charge in [0, 0.05) is 26.5 Å². The van der Waals surface area contributed by atoms with E-state index in [9.17, 15) is 14.7 Å². The van der Waals surface area contributed by atoms with Gasteiger partial charge in [0.15, 0.2) is 11.2 Å². The monoisotopic (exact) mass is 401 g/mol. The van der Waals surface area contributed by atoms with Crippen molar-refractivity contribution in [3.05, 3.63) is 45.6 Å². The van der Waals surface area contributed by atoms with E-state index in [0.29, 0.717) is 17.7 Å². The molecule has 154 valence electrons. The van der Waals surface area contributed by atoms with Gasteiger partial charge in [0.2, 0.25) is 5.95 Å². The number of nitrogens with zero attached hydrogens (tertiary/aromatic N) is 7. The predicted molar refractivity (Wildman–Crippen MR) is 106 cm³/mol. The molecule has 0 aliphatic carbocycles. The highest BCUT2D eigenvalue weighted by molar-refractivity contribution is 5.69. The van der Waals surface area contributed by atoms with Crippen LogP contribution in [-0.4, -0.2) is 72.6 Å². The highest BCUT2D eigenvalue weighted by atomic mass is 16.3. The molecule has 1 saturated heterocycles. The van der Waals surface area contributed by atoms with Gasteiger partial charge in [-0.25, -0.2) is 19.7 Å². The molecule has 0 unspecified atom stereocenters. The summed E-state index contributed by atoms with van der Waals surface area (Å²) in [5, 5.41) is 10.6. The fourth-order valence-corrected chi connectivity index (χ4v) is 3.84. The van der Waals surface area contributed by atoms with Crippen LogP contribution < -0.4 is 21.0 Å². The maximum absolute atomic E-state index is 12.5. The third kappa shape index (κ3) is 3.66. The van der Waals surface area contributed by atoms with Crippen molar-refractivity contribution in [2.24, 2.45) is 14.1 Å². The highest BCUT2D eigenvalue weighted by Crippen LogP contribution is 2.07. The number of aliphatic hydroxyl groups excluding tert-OH is 1. The smallest absolute Gasteiger partial charge is 0.332 e. The SMILES string of the molecule is Cn1c(=O)c2c(ncn2C[C@@H](O)C[NH+]2CCN(c3ncccn3)CC2)n(C)c1=O. The maximum Gasteiger partial charge on any atom is 0.332 e. The van der Waals surface area contributed by atoms with Gasteiger partial charge in [-0.3, -0.25) is 13.9 Å². The molecule has 1 aliphatic heterocycles.